The Morgan fingerprint density at radius 1 is 1.65 bits per heavy atom. The van der Waals surface area contributed by atoms with Gasteiger partial charge in [-0.3, -0.25) is 14.9 Å². The molecule has 92 valence electrons. The highest BCUT2D eigenvalue weighted by molar-refractivity contribution is 9.10. The van der Waals surface area contributed by atoms with Gasteiger partial charge in [0.15, 0.2) is 0 Å². The van der Waals surface area contributed by atoms with Crippen molar-refractivity contribution in [2.75, 3.05) is 0 Å². The molecule has 0 fully saturated rings. The fourth-order valence-electron chi connectivity index (χ4n) is 1.24. The van der Waals surface area contributed by atoms with E-state index in [1.54, 1.807) is 0 Å². The number of aliphatic carboxylic acids is 1. The molecule has 0 aromatic carbocycles. The van der Waals surface area contributed by atoms with Crippen molar-refractivity contribution in [3.63, 3.8) is 0 Å². The van der Waals surface area contributed by atoms with Crippen LogP contribution in [-0.2, 0) is 11.2 Å². The van der Waals surface area contributed by atoms with Crippen LogP contribution in [-0.4, -0.2) is 21.0 Å². The van der Waals surface area contributed by atoms with Gasteiger partial charge in [-0.2, -0.15) is 0 Å². The number of carboxylic acid groups (broad SMARTS) is 1. The first-order chi connectivity index (χ1) is 7.84. The van der Waals surface area contributed by atoms with Crippen molar-refractivity contribution >= 4 is 27.6 Å². The number of aromatic nitrogens is 1. The third-order valence-electron chi connectivity index (χ3n) is 1.86. The van der Waals surface area contributed by atoms with Crippen molar-refractivity contribution in [3.05, 3.63) is 32.0 Å². The van der Waals surface area contributed by atoms with Crippen LogP contribution in [0.15, 0.2) is 10.8 Å². The molecule has 0 saturated carbocycles. The number of hydrogen-bond acceptors (Lipinski definition) is 4. The Kier molecular flexibility index (Phi) is 4.05. The summed E-state index contributed by atoms with van der Waals surface area (Å²) in [7, 11) is 0. The van der Waals surface area contributed by atoms with Crippen molar-refractivity contribution < 1.29 is 23.6 Å². The van der Waals surface area contributed by atoms with Gasteiger partial charge in [-0.05, 0) is 15.9 Å². The van der Waals surface area contributed by atoms with Gasteiger partial charge < -0.3 is 5.11 Å². The van der Waals surface area contributed by atoms with Crippen LogP contribution in [0.5, 0.6) is 0 Å². The minimum absolute atomic E-state index is 0.360. The van der Waals surface area contributed by atoms with E-state index >= 15 is 0 Å². The van der Waals surface area contributed by atoms with Gasteiger partial charge in [0.2, 0.25) is 0 Å². The lowest BCUT2D eigenvalue weighted by molar-refractivity contribution is -0.387. The van der Waals surface area contributed by atoms with Gasteiger partial charge in [-0.25, -0.2) is 13.8 Å². The fraction of sp³-hybridized carbons (Fsp3) is 0.250. The van der Waals surface area contributed by atoms with E-state index in [0.717, 1.165) is 6.20 Å². The minimum atomic E-state index is -3.12. The van der Waals surface area contributed by atoms with Gasteiger partial charge in [0.05, 0.1) is 16.9 Å². The first-order valence-electron chi connectivity index (χ1n) is 4.16. The molecule has 0 unspecified atom stereocenters. The number of halogens is 3. The molecule has 17 heavy (non-hydrogen) atoms. The highest BCUT2D eigenvalue weighted by atomic mass is 79.9. The second kappa shape index (κ2) is 5.13. The largest absolute Gasteiger partial charge is 0.481 e. The molecule has 9 heteroatoms. The van der Waals surface area contributed by atoms with Gasteiger partial charge in [-0.1, -0.05) is 0 Å². The summed E-state index contributed by atoms with van der Waals surface area (Å²) in [5.74, 6) is -1.36. The molecule has 1 heterocycles. The van der Waals surface area contributed by atoms with Gasteiger partial charge in [0.1, 0.15) is 10.2 Å². The van der Waals surface area contributed by atoms with E-state index < -0.39 is 35.0 Å². The van der Waals surface area contributed by atoms with Gasteiger partial charge in [0, 0.05) is 6.20 Å². The Balaban J connectivity index is 3.47. The molecule has 1 N–H and O–H groups in total. The van der Waals surface area contributed by atoms with Crippen LogP contribution < -0.4 is 0 Å². The number of pyridine rings is 1. The molecule has 0 radical (unpaired) electrons. The third-order valence-corrected chi connectivity index (χ3v) is 2.49. The van der Waals surface area contributed by atoms with E-state index in [2.05, 4.69) is 20.9 Å². The van der Waals surface area contributed by atoms with Crippen molar-refractivity contribution in [3.8, 4) is 0 Å². The Bertz CT molecular complexity index is 481. The second-order valence-electron chi connectivity index (χ2n) is 2.96. The van der Waals surface area contributed by atoms with Crippen LogP contribution in [0, 0.1) is 10.1 Å². The van der Waals surface area contributed by atoms with Crippen LogP contribution in [0.1, 0.15) is 17.6 Å². The summed E-state index contributed by atoms with van der Waals surface area (Å²) in [5.41, 5.74) is -2.18. The van der Waals surface area contributed by atoms with Crippen LogP contribution in [0.2, 0.25) is 0 Å². The summed E-state index contributed by atoms with van der Waals surface area (Å²) >= 11 is 2.67. The van der Waals surface area contributed by atoms with Crippen molar-refractivity contribution in [2.45, 2.75) is 12.8 Å². The number of hydrogen-bond donors (Lipinski definition) is 1. The topological polar surface area (TPSA) is 93.3 Å². The van der Waals surface area contributed by atoms with Crippen LogP contribution >= 0.6 is 15.9 Å². The highest BCUT2D eigenvalue weighted by Gasteiger charge is 2.30. The molecule has 0 aliphatic heterocycles. The lowest BCUT2D eigenvalue weighted by Gasteiger charge is -2.07. The van der Waals surface area contributed by atoms with Gasteiger partial charge >= 0.3 is 5.97 Å². The first kappa shape index (κ1) is 13.4. The van der Waals surface area contributed by atoms with Gasteiger partial charge in [0.25, 0.3) is 12.1 Å². The molecule has 6 nitrogen and oxygen atoms in total. The molecule has 0 spiro atoms. The van der Waals surface area contributed by atoms with Crippen molar-refractivity contribution in [1.82, 2.24) is 4.98 Å². The Morgan fingerprint density at radius 2 is 2.24 bits per heavy atom. The molecule has 1 aromatic rings. The summed E-state index contributed by atoms with van der Waals surface area (Å²) < 4.78 is 24.9. The maximum absolute atomic E-state index is 12.6. The Labute approximate surface area is 102 Å². The minimum Gasteiger partial charge on any atom is -0.481 e. The SMILES string of the molecule is O=C(O)Cc1cnc(Br)c(C(F)F)c1[N+](=O)[O-]. The zero-order valence-electron chi connectivity index (χ0n) is 8.06. The molecule has 1 rings (SSSR count). The second-order valence-corrected chi connectivity index (χ2v) is 3.72. The lowest BCUT2D eigenvalue weighted by Crippen LogP contribution is -2.08. The molecule has 0 aliphatic carbocycles. The number of alkyl halides is 2. The number of carboxylic acids is 1. The number of nitrogens with zero attached hydrogens (tertiary/aromatic N) is 2. The summed E-state index contributed by atoms with van der Waals surface area (Å²) in [4.78, 5) is 23.6. The standard InChI is InChI=1S/C8H5BrF2N2O4/c9-7-5(8(10)11)6(13(16)17)3(2-12-7)1-4(14)15/h2,8H,1H2,(H,14,15). The molecule has 1 aromatic heterocycles. The molecule has 0 saturated heterocycles. The predicted octanol–water partition coefficient (Wildman–Crippen LogP) is 2.32. The van der Waals surface area contributed by atoms with E-state index in [9.17, 15) is 23.7 Å². The van der Waals surface area contributed by atoms with Crippen molar-refractivity contribution in [1.29, 1.82) is 0 Å². The molecule has 0 amide bonds. The summed E-state index contributed by atoms with van der Waals surface area (Å²) in [6.07, 6.45) is -2.97. The van der Waals surface area contributed by atoms with Crippen LogP contribution in [0.25, 0.3) is 0 Å². The van der Waals surface area contributed by atoms with E-state index in [1.165, 1.54) is 0 Å². The van der Waals surface area contributed by atoms with E-state index in [4.69, 9.17) is 5.11 Å². The maximum atomic E-state index is 12.6. The zero-order chi connectivity index (χ0) is 13.2. The smallest absolute Gasteiger partial charge is 0.308 e. The average Bonchev–Trinajstić information content (AvgIpc) is 2.18. The van der Waals surface area contributed by atoms with Crippen LogP contribution in [0.4, 0.5) is 14.5 Å². The molecular formula is C8H5BrF2N2O4. The van der Waals surface area contributed by atoms with Crippen molar-refractivity contribution in [2.24, 2.45) is 0 Å². The van der Waals surface area contributed by atoms with Crippen LogP contribution in [0.3, 0.4) is 0 Å². The molecule has 0 bridgehead atoms. The maximum Gasteiger partial charge on any atom is 0.308 e. The fourth-order valence-corrected chi connectivity index (χ4v) is 1.70. The summed E-state index contributed by atoms with van der Waals surface area (Å²) in [5, 5.41) is 19.2. The summed E-state index contributed by atoms with van der Waals surface area (Å²) in [6, 6.07) is 0. The molecule has 0 aliphatic rings. The quantitative estimate of drug-likeness (QED) is 0.523. The number of rotatable bonds is 4. The Hall–Kier alpha value is -1.64. The summed E-state index contributed by atoms with van der Waals surface area (Å²) in [6.45, 7) is 0. The van der Waals surface area contributed by atoms with Gasteiger partial charge in [-0.15, -0.1) is 0 Å². The lowest BCUT2D eigenvalue weighted by atomic mass is 10.1. The third kappa shape index (κ3) is 2.93. The number of nitro groups is 1. The predicted molar refractivity (Wildman–Crippen MR) is 54.9 cm³/mol. The Morgan fingerprint density at radius 3 is 2.65 bits per heavy atom. The normalized spacial score (nSPS) is 10.6. The highest BCUT2D eigenvalue weighted by Crippen LogP contribution is 2.36. The average molecular weight is 311 g/mol. The van der Waals surface area contributed by atoms with E-state index in [1.807, 2.05) is 0 Å². The van der Waals surface area contributed by atoms with E-state index in [0.29, 0.717) is 0 Å². The number of carbonyl (C=O) groups is 1. The monoisotopic (exact) mass is 310 g/mol. The molecular weight excluding hydrogens is 306 g/mol. The van der Waals surface area contributed by atoms with E-state index in [-0.39, 0.29) is 10.2 Å². The molecule has 0 atom stereocenters. The zero-order valence-corrected chi connectivity index (χ0v) is 9.65. The first-order valence-corrected chi connectivity index (χ1v) is 4.95.